The molecule has 0 aliphatic rings. The first-order valence-corrected chi connectivity index (χ1v) is 9.47. The van der Waals surface area contributed by atoms with Crippen LogP contribution in [0.25, 0.3) is 0 Å². The number of methoxy groups -OCH3 is 1. The topological polar surface area (TPSA) is 77.0 Å². The van der Waals surface area contributed by atoms with Crippen molar-refractivity contribution in [2.75, 3.05) is 46.6 Å². The summed E-state index contributed by atoms with van der Waals surface area (Å²) >= 11 is 0. The van der Waals surface area contributed by atoms with Crippen LogP contribution in [0.2, 0.25) is 0 Å². The van der Waals surface area contributed by atoms with Gasteiger partial charge in [0, 0.05) is 38.6 Å². The Hall–Kier alpha value is -1.86. The first kappa shape index (κ1) is 22.2. The molecule has 7 nitrogen and oxygen atoms in total. The van der Waals surface area contributed by atoms with Crippen LogP contribution in [0.3, 0.4) is 0 Å². The van der Waals surface area contributed by atoms with Crippen LogP contribution < -0.4 is 15.4 Å². The number of hydrogen-bond donors (Lipinski definition) is 2. The largest absolute Gasteiger partial charge is 0.477 e. The van der Waals surface area contributed by atoms with Gasteiger partial charge in [0.25, 0.3) is 0 Å². The van der Waals surface area contributed by atoms with Crippen molar-refractivity contribution >= 4 is 5.96 Å². The molecule has 0 bridgehead atoms. The zero-order valence-electron chi connectivity index (χ0n) is 16.4. The minimum atomic E-state index is 0.523. The van der Waals surface area contributed by atoms with Crippen molar-refractivity contribution in [3.05, 3.63) is 23.9 Å². The molecule has 0 aromatic carbocycles. The van der Waals surface area contributed by atoms with Gasteiger partial charge in [0.2, 0.25) is 5.88 Å². The second-order valence-electron chi connectivity index (χ2n) is 5.75. The molecular formula is C19H34N4O3. The van der Waals surface area contributed by atoms with Crippen LogP contribution >= 0.6 is 0 Å². The Balaban J connectivity index is 2.45. The molecule has 26 heavy (non-hydrogen) atoms. The lowest BCUT2D eigenvalue weighted by atomic mass is 10.2. The van der Waals surface area contributed by atoms with Crippen molar-refractivity contribution in [2.24, 2.45) is 4.99 Å². The molecule has 0 aliphatic carbocycles. The second-order valence-corrected chi connectivity index (χ2v) is 5.75. The van der Waals surface area contributed by atoms with E-state index in [2.05, 4.69) is 34.5 Å². The highest BCUT2D eigenvalue weighted by Gasteiger charge is 2.05. The van der Waals surface area contributed by atoms with Crippen molar-refractivity contribution in [3.8, 4) is 5.88 Å². The smallest absolute Gasteiger partial charge is 0.218 e. The number of nitrogens with zero attached hydrogens (tertiary/aromatic N) is 2. The van der Waals surface area contributed by atoms with Crippen LogP contribution in [0.4, 0.5) is 0 Å². The van der Waals surface area contributed by atoms with Gasteiger partial charge in [-0.2, -0.15) is 0 Å². The van der Waals surface area contributed by atoms with Crippen LogP contribution in [0.5, 0.6) is 5.88 Å². The third-order valence-electron chi connectivity index (χ3n) is 3.53. The number of rotatable bonds is 14. The van der Waals surface area contributed by atoms with Crippen molar-refractivity contribution in [1.29, 1.82) is 0 Å². The van der Waals surface area contributed by atoms with Gasteiger partial charge in [0.15, 0.2) is 5.96 Å². The molecule has 0 atom stereocenters. The normalized spacial score (nSPS) is 11.4. The fraction of sp³-hybridized carbons (Fsp3) is 0.684. The van der Waals surface area contributed by atoms with E-state index in [1.165, 1.54) is 0 Å². The number of ether oxygens (including phenoxy) is 3. The minimum Gasteiger partial charge on any atom is -0.477 e. The van der Waals surface area contributed by atoms with Crippen LogP contribution in [-0.4, -0.2) is 57.6 Å². The van der Waals surface area contributed by atoms with Gasteiger partial charge in [-0.05, 0) is 25.8 Å². The number of unbranched alkanes of at least 4 members (excludes halogenated alkanes) is 1. The molecule has 1 rings (SSSR count). The highest BCUT2D eigenvalue weighted by Crippen LogP contribution is 2.15. The molecule has 1 heterocycles. The summed E-state index contributed by atoms with van der Waals surface area (Å²) in [5.74, 6) is 1.46. The number of aromatic nitrogens is 1. The van der Waals surface area contributed by atoms with Gasteiger partial charge in [0.05, 0.1) is 26.4 Å². The Labute approximate surface area is 157 Å². The molecule has 0 spiro atoms. The standard InChI is InChI=1S/C19H34N4O3/c1-4-6-13-26-18-17(9-7-10-21-18)16-23-19(20-5-2)22-11-8-12-25-15-14-24-3/h7,9-10H,4-6,8,11-16H2,1-3H3,(H2,20,22,23). The van der Waals surface area contributed by atoms with Gasteiger partial charge in [0.1, 0.15) is 0 Å². The van der Waals surface area contributed by atoms with Crippen molar-refractivity contribution in [3.63, 3.8) is 0 Å². The molecule has 1 aromatic rings. The summed E-state index contributed by atoms with van der Waals surface area (Å²) in [6.07, 6.45) is 4.79. The summed E-state index contributed by atoms with van der Waals surface area (Å²) in [6, 6.07) is 3.92. The van der Waals surface area contributed by atoms with Crippen molar-refractivity contribution in [1.82, 2.24) is 15.6 Å². The molecule has 7 heteroatoms. The van der Waals surface area contributed by atoms with Crippen LogP contribution in [-0.2, 0) is 16.0 Å². The highest BCUT2D eigenvalue weighted by molar-refractivity contribution is 5.79. The molecule has 1 aromatic heterocycles. The highest BCUT2D eigenvalue weighted by atomic mass is 16.5. The predicted octanol–water partition coefficient (Wildman–Crippen LogP) is 2.37. The first-order chi connectivity index (χ1) is 12.8. The number of hydrogen-bond acceptors (Lipinski definition) is 5. The Morgan fingerprint density at radius 1 is 1.12 bits per heavy atom. The Bertz CT molecular complexity index is 497. The predicted molar refractivity (Wildman–Crippen MR) is 105 cm³/mol. The van der Waals surface area contributed by atoms with Crippen LogP contribution in [0.1, 0.15) is 38.7 Å². The maximum atomic E-state index is 5.77. The first-order valence-electron chi connectivity index (χ1n) is 9.47. The summed E-state index contributed by atoms with van der Waals surface area (Å²) in [6.45, 7) is 8.97. The lowest BCUT2D eigenvalue weighted by Gasteiger charge is -2.12. The molecule has 0 unspecified atom stereocenters. The monoisotopic (exact) mass is 366 g/mol. The summed E-state index contributed by atoms with van der Waals surface area (Å²) < 4.78 is 16.2. The SMILES string of the molecule is CCCCOc1ncccc1CN=C(NCC)NCCCOCCOC. The molecule has 0 radical (unpaired) electrons. The van der Waals surface area contributed by atoms with E-state index in [-0.39, 0.29) is 0 Å². The molecule has 0 aliphatic heterocycles. The fourth-order valence-corrected chi connectivity index (χ4v) is 2.12. The van der Waals surface area contributed by atoms with E-state index >= 15 is 0 Å². The van der Waals surface area contributed by atoms with Gasteiger partial charge >= 0.3 is 0 Å². The average molecular weight is 367 g/mol. The quantitative estimate of drug-likeness (QED) is 0.299. The van der Waals surface area contributed by atoms with E-state index in [0.29, 0.717) is 38.9 Å². The van der Waals surface area contributed by atoms with Crippen molar-refractivity contribution in [2.45, 2.75) is 39.7 Å². The maximum absolute atomic E-state index is 5.77. The Morgan fingerprint density at radius 3 is 2.77 bits per heavy atom. The van der Waals surface area contributed by atoms with E-state index in [9.17, 15) is 0 Å². The molecular weight excluding hydrogens is 332 g/mol. The van der Waals surface area contributed by atoms with Gasteiger partial charge in [-0.25, -0.2) is 9.98 Å². The van der Waals surface area contributed by atoms with Gasteiger partial charge in [-0.1, -0.05) is 19.4 Å². The summed E-state index contributed by atoms with van der Waals surface area (Å²) in [7, 11) is 1.67. The van der Waals surface area contributed by atoms with Crippen molar-refractivity contribution < 1.29 is 14.2 Å². The number of aliphatic imine (C=N–C) groups is 1. The van der Waals surface area contributed by atoms with E-state index < -0.39 is 0 Å². The minimum absolute atomic E-state index is 0.523. The van der Waals surface area contributed by atoms with E-state index in [0.717, 1.165) is 43.9 Å². The molecule has 148 valence electrons. The third-order valence-corrected chi connectivity index (χ3v) is 3.53. The summed E-state index contributed by atoms with van der Waals surface area (Å²) in [5, 5.41) is 6.57. The zero-order chi connectivity index (χ0) is 18.9. The Morgan fingerprint density at radius 2 is 2.00 bits per heavy atom. The average Bonchev–Trinajstić information content (AvgIpc) is 2.66. The van der Waals surface area contributed by atoms with E-state index in [1.54, 1.807) is 13.3 Å². The van der Waals surface area contributed by atoms with E-state index in [1.807, 2.05) is 12.1 Å². The Kier molecular flexibility index (Phi) is 13.1. The van der Waals surface area contributed by atoms with Crippen LogP contribution in [0, 0.1) is 0 Å². The van der Waals surface area contributed by atoms with Gasteiger partial charge in [-0.15, -0.1) is 0 Å². The molecule has 0 saturated heterocycles. The third kappa shape index (κ3) is 10.2. The van der Waals surface area contributed by atoms with E-state index in [4.69, 9.17) is 14.2 Å². The zero-order valence-corrected chi connectivity index (χ0v) is 16.4. The second kappa shape index (κ2) is 15.4. The molecule has 0 fully saturated rings. The summed E-state index contributed by atoms with van der Waals surface area (Å²) in [4.78, 5) is 8.96. The lowest BCUT2D eigenvalue weighted by Crippen LogP contribution is -2.38. The van der Waals surface area contributed by atoms with Gasteiger partial charge < -0.3 is 24.8 Å². The molecule has 2 N–H and O–H groups in total. The molecule has 0 amide bonds. The number of pyridine rings is 1. The number of guanidine groups is 1. The van der Waals surface area contributed by atoms with Gasteiger partial charge in [-0.3, -0.25) is 0 Å². The maximum Gasteiger partial charge on any atom is 0.218 e. The lowest BCUT2D eigenvalue weighted by molar-refractivity contribution is 0.0698. The fourth-order valence-electron chi connectivity index (χ4n) is 2.12. The molecule has 0 saturated carbocycles. The number of nitrogens with one attached hydrogen (secondary N) is 2. The van der Waals surface area contributed by atoms with Crippen LogP contribution in [0.15, 0.2) is 23.3 Å². The summed E-state index contributed by atoms with van der Waals surface area (Å²) in [5.41, 5.74) is 0.990.